The van der Waals surface area contributed by atoms with Crippen LogP contribution in [0, 0.1) is 5.82 Å². The van der Waals surface area contributed by atoms with Crippen LogP contribution in [0.2, 0.25) is 0 Å². The zero-order valence-electron chi connectivity index (χ0n) is 10.7. The van der Waals surface area contributed by atoms with E-state index in [4.69, 9.17) is 5.73 Å². The minimum Gasteiger partial charge on any atom is -0.395 e. The minimum absolute atomic E-state index is 0.181. The van der Waals surface area contributed by atoms with Crippen LogP contribution in [0.3, 0.4) is 0 Å². The fourth-order valence-electron chi connectivity index (χ4n) is 2.36. The zero-order valence-corrected chi connectivity index (χ0v) is 10.7. The maximum absolute atomic E-state index is 14.0. The molecule has 1 unspecified atom stereocenters. The van der Waals surface area contributed by atoms with Crippen LogP contribution in [0.15, 0.2) is 54.6 Å². The second-order valence-corrected chi connectivity index (χ2v) is 4.78. The van der Waals surface area contributed by atoms with Gasteiger partial charge in [-0.05, 0) is 23.6 Å². The van der Waals surface area contributed by atoms with E-state index in [-0.39, 0.29) is 19.0 Å². The highest BCUT2D eigenvalue weighted by Gasteiger charge is 2.32. The number of aliphatic hydroxyl groups is 1. The van der Waals surface area contributed by atoms with Crippen LogP contribution < -0.4 is 5.73 Å². The van der Waals surface area contributed by atoms with Gasteiger partial charge in [-0.3, -0.25) is 0 Å². The molecule has 0 fully saturated rings. The zero-order chi connectivity index (χ0) is 13.7. The van der Waals surface area contributed by atoms with Gasteiger partial charge in [-0.15, -0.1) is 0 Å². The smallest absolute Gasteiger partial charge is 0.127 e. The molecular weight excluding hydrogens is 241 g/mol. The monoisotopic (exact) mass is 259 g/mol. The summed E-state index contributed by atoms with van der Waals surface area (Å²) >= 11 is 0. The van der Waals surface area contributed by atoms with E-state index in [0.29, 0.717) is 12.0 Å². The Bertz CT molecular complexity index is 523. The number of benzene rings is 2. The minimum atomic E-state index is -0.771. The molecule has 19 heavy (non-hydrogen) atoms. The lowest BCUT2D eigenvalue weighted by Gasteiger charge is -2.31. The van der Waals surface area contributed by atoms with Gasteiger partial charge in [0.05, 0.1) is 6.61 Å². The van der Waals surface area contributed by atoms with E-state index in [2.05, 4.69) is 0 Å². The van der Waals surface area contributed by atoms with Crippen molar-refractivity contribution in [1.82, 2.24) is 0 Å². The van der Waals surface area contributed by atoms with Crippen LogP contribution >= 0.6 is 0 Å². The largest absolute Gasteiger partial charge is 0.395 e. The predicted molar refractivity (Wildman–Crippen MR) is 74.4 cm³/mol. The summed E-state index contributed by atoms with van der Waals surface area (Å²) in [6.07, 6.45) is 0.516. The van der Waals surface area contributed by atoms with E-state index in [1.165, 1.54) is 6.07 Å². The molecule has 0 aliphatic rings. The first-order valence-electron chi connectivity index (χ1n) is 6.32. The number of hydrogen-bond acceptors (Lipinski definition) is 2. The third kappa shape index (κ3) is 2.83. The van der Waals surface area contributed by atoms with Crippen molar-refractivity contribution in [3.8, 4) is 0 Å². The van der Waals surface area contributed by atoms with Gasteiger partial charge in [0.2, 0.25) is 0 Å². The van der Waals surface area contributed by atoms with Gasteiger partial charge in [0.1, 0.15) is 5.82 Å². The third-order valence-corrected chi connectivity index (χ3v) is 3.52. The van der Waals surface area contributed by atoms with Gasteiger partial charge in [-0.25, -0.2) is 4.39 Å². The van der Waals surface area contributed by atoms with Crippen molar-refractivity contribution in [3.63, 3.8) is 0 Å². The van der Waals surface area contributed by atoms with Crippen molar-refractivity contribution >= 4 is 0 Å². The second-order valence-electron chi connectivity index (χ2n) is 4.78. The normalized spacial score (nSPS) is 14.1. The van der Waals surface area contributed by atoms with E-state index in [1.54, 1.807) is 18.2 Å². The predicted octanol–water partition coefficient (Wildman–Crippen LogP) is 2.26. The maximum Gasteiger partial charge on any atom is 0.127 e. The second kappa shape index (κ2) is 5.95. The molecule has 3 N–H and O–H groups in total. The number of halogens is 1. The van der Waals surface area contributed by atoms with Gasteiger partial charge in [0.15, 0.2) is 0 Å². The Morgan fingerprint density at radius 3 is 2.21 bits per heavy atom. The third-order valence-electron chi connectivity index (χ3n) is 3.52. The molecule has 0 radical (unpaired) electrons. The molecule has 100 valence electrons. The molecule has 0 saturated heterocycles. The molecule has 0 bridgehead atoms. The highest BCUT2D eigenvalue weighted by atomic mass is 19.1. The molecule has 0 aromatic heterocycles. The summed E-state index contributed by atoms with van der Waals surface area (Å²) < 4.78 is 14.0. The Kier molecular flexibility index (Phi) is 4.30. The molecule has 0 amide bonds. The molecule has 1 atom stereocenters. The van der Waals surface area contributed by atoms with Gasteiger partial charge < -0.3 is 10.8 Å². The van der Waals surface area contributed by atoms with Gasteiger partial charge >= 0.3 is 0 Å². The number of nitrogens with two attached hydrogens (primary N) is 1. The van der Waals surface area contributed by atoms with E-state index < -0.39 is 5.41 Å². The summed E-state index contributed by atoms with van der Waals surface area (Å²) in [5.74, 6) is -0.321. The molecule has 0 spiro atoms. The van der Waals surface area contributed by atoms with Gasteiger partial charge in [-0.2, -0.15) is 0 Å². The van der Waals surface area contributed by atoms with Crippen LogP contribution in [0.25, 0.3) is 0 Å². The van der Waals surface area contributed by atoms with Gasteiger partial charge in [-0.1, -0.05) is 48.5 Å². The molecule has 0 saturated carbocycles. The first-order valence-corrected chi connectivity index (χ1v) is 6.32. The highest BCUT2D eigenvalue weighted by Crippen LogP contribution is 2.29. The van der Waals surface area contributed by atoms with Gasteiger partial charge in [0.25, 0.3) is 0 Å². The lowest BCUT2D eigenvalue weighted by Crippen LogP contribution is -2.41. The summed E-state index contributed by atoms with van der Waals surface area (Å²) in [5, 5.41) is 9.77. The van der Waals surface area contributed by atoms with E-state index in [0.717, 1.165) is 5.56 Å². The lowest BCUT2D eigenvalue weighted by atomic mass is 9.76. The van der Waals surface area contributed by atoms with Crippen LogP contribution in [0.4, 0.5) is 4.39 Å². The number of rotatable bonds is 5. The molecular formula is C16H18FNO. The maximum atomic E-state index is 14.0. The molecule has 2 aromatic rings. The summed E-state index contributed by atoms with van der Waals surface area (Å²) in [4.78, 5) is 0. The van der Waals surface area contributed by atoms with Crippen LogP contribution in [0.1, 0.15) is 11.1 Å². The first-order chi connectivity index (χ1) is 9.22. The Labute approximate surface area is 112 Å². The van der Waals surface area contributed by atoms with Crippen molar-refractivity contribution in [2.75, 3.05) is 13.2 Å². The standard InChI is InChI=1S/C16H18FNO/c17-15-9-5-4-8-14(15)16(11-18,12-19)10-13-6-2-1-3-7-13/h1-9,19H,10-12,18H2. The van der Waals surface area contributed by atoms with Crippen molar-refractivity contribution in [1.29, 1.82) is 0 Å². The Morgan fingerprint density at radius 2 is 1.63 bits per heavy atom. The Balaban J connectivity index is 2.41. The molecule has 0 heterocycles. The quantitative estimate of drug-likeness (QED) is 0.865. The average Bonchev–Trinajstić information content (AvgIpc) is 2.47. The van der Waals surface area contributed by atoms with Crippen molar-refractivity contribution in [3.05, 3.63) is 71.5 Å². The summed E-state index contributed by atoms with van der Waals surface area (Å²) in [5.41, 5.74) is 6.58. The van der Waals surface area contributed by atoms with E-state index >= 15 is 0 Å². The van der Waals surface area contributed by atoms with Crippen LogP contribution in [-0.4, -0.2) is 18.3 Å². The topological polar surface area (TPSA) is 46.2 Å². The van der Waals surface area contributed by atoms with Crippen molar-refractivity contribution in [2.45, 2.75) is 11.8 Å². The van der Waals surface area contributed by atoms with E-state index in [1.807, 2.05) is 30.3 Å². The van der Waals surface area contributed by atoms with Crippen LogP contribution in [-0.2, 0) is 11.8 Å². The molecule has 3 heteroatoms. The Morgan fingerprint density at radius 1 is 1.00 bits per heavy atom. The summed E-state index contributed by atoms with van der Waals surface area (Å²) in [6, 6.07) is 16.2. The molecule has 0 aliphatic heterocycles. The summed E-state index contributed by atoms with van der Waals surface area (Å²) in [6.45, 7) is 0.0126. The molecule has 2 nitrogen and oxygen atoms in total. The Hall–Kier alpha value is -1.71. The highest BCUT2D eigenvalue weighted by molar-refractivity contribution is 5.31. The van der Waals surface area contributed by atoms with Crippen molar-refractivity contribution in [2.24, 2.45) is 5.73 Å². The fourth-order valence-corrected chi connectivity index (χ4v) is 2.36. The average molecular weight is 259 g/mol. The SMILES string of the molecule is NCC(CO)(Cc1ccccc1)c1ccccc1F. The van der Waals surface area contributed by atoms with Gasteiger partial charge in [0, 0.05) is 12.0 Å². The molecule has 0 aliphatic carbocycles. The van der Waals surface area contributed by atoms with Crippen molar-refractivity contribution < 1.29 is 9.50 Å². The summed E-state index contributed by atoms with van der Waals surface area (Å²) in [7, 11) is 0. The van der Waals surface area contributed by atoms with Crippen LogP contribution in [0.5, 0.6) is 0 Å². The number of hydrogen-bond donors (Lipinski definition) is 2. The fraction of sp³-hybridized carbons (Fsp3) is 0.250. The number of aliphatic hydroxyl groups excluding tert-OH is 1. The first kappa shape index (κ1) is 13.7. The molecule has 2 rings (SSSR count). The lowest BCUT2D eigenvalue weighted by molar-refractivity contribution is 0.192. The molecule has 2 aromatic carbocycles. The van der Waals surface area contributed by atoms with E-state index in [9.17, 15) is 9.50 Å².